The van der Waals surface area contributed by atoms with Gasteiger partial charge in [-0.15, -0.1) is 18.3 Å². The number of alkyl halides is 4. The summed E-state index contributed by atoms with van der Waals surface area (Å²) in [5, 5.41) is 0.455. The highest BCUT2D eigenvalue weighted by Gasteiger charge is 2.35. The molecule has 2 aromatic carbocycles. The number of hydrogen-bond donors (Lipinski definition) is 4. The van der Waals surface area contributed by atoms with E-state index in [2.05, 4.69) is 26.4 Å². The molecule has 0 aliphatic carbocycles. The predicted octanol–water partition coefficient (Wildman–Crippen LogP) is 7.06. The Morgan fingerprint density at radius 2 is 1.98 bits per heavy atom. The van der Waals surface area contributed by atoms with Crippen LogP contribution in [-0.4, -0.2) is 69.9 Å². The van der Waals surface area contributed by atoms with Crippen LogP contribution in [-0.2, 0) is 12.6 Å². The molecule has 7 N–H and O–H groups in total. The number of H-pyrrole nitrogens is 1. The number of benzene rings is 2. The molecule has 53 heavy (non-hydrogen) atoms. The number of hydrogen-bond acceptors (Lipinski definition) is 7. The van der Waals surface area contributed by atoms with Crippen molar-refractivity contribution in [2.75, 3.05) is 32.6 Å². The van der Waals surface area contributed by atoms with E-state index in [9.17, 15) is 22.4 Å². The van der Waals surface area contributed by atoms with Gasteiger partial charge >= 0.3 is 11.9 Å². The van der Waals surface area contributed by atoms with Gasteiger partial charge in [0.1, 0.15) is 17.3 Å². The van der Waals surface area contributed by atoms with Crippen LogP contribution in [0.2, 0.25) is 0 Å². The third kappa shape index (κ3) is 9.74. The molecule has 1 aliphatic rings. The molecule has 3 atom stereocenters. The maximum absolute atomic E-state index is 16.4. The van der Waals surface area contributed by atoms with Crippen molar-refractivity contribution in [1.82, 2.24) is 19.4 Å². The summed E-state index contributed by atoms with van der Waals surface area (Å²) < 4.78 is 72.8. The number of aromatic amines is 1. The lowest BCUT2D eigenvalue weighted by Gasteiger charge is -2.43. The smallest absolute Gasteiger partial charge is 0.386 e. The number of nitrogens with one attached hydrogen (secondary N) is 1. The Labute approximate surface area is 309 Å². The van der Waals surface area contributed by atoms with Gasteiger partial charge in [0.25, 0.3) is 0 Å². The molecule has 0 saturated carbocycles. The van der Waals surface area contributed by atoms with Crippen LogP contribution in [0.25, 0.3) is 28.0 Å². The first-order chi connectivity index (χ1) is 25.4. The fraction of sp³-hybridized carbons (Fsp3) is 0.447. The number of nitrogens with two attached hydrogens (primary N) is 3. The summed E-state index contributed by atoms with van der Waals surface area (Å²) in [5.41, 5.74) is 17.9. The molecule has 0 radical (unpaired) electrons. The maximum atomic E-state index is 16.4. The summed E-state index contributed by atoms with van der Waals surface area (Å²) in [6.45, 7) is 4.23. The van der Waals surface area contributed by atoms with Crippen molar-refractivity contribution in [3.8, 4) is 16.9 Å². The second kappa shape index (κ2) is 17.9. The van der Waals surface area contributed by atoms with Crippen LogP contribution in [0.5, 0.6) is 0 Å². The number of fused-ring (bicyclic) bond motifs is 1. The number of aliphatic imine (C=N–C) groups is 1. The number of thioether (sulfide) groups is 1. The highest BCUT2D eigenvalue weighted by molar-refractivity contribution is 7.98. The molecule has 1 fully saturated rings. The molecule has 9 nitrogen and oxygen atoms in total. The van der Waals surface area contributed by atoms with E-state index < -0.39 is 29.9 Å². The van der Waals surface area contributed by atoms with Crippen LogP contribution in [0.1, 0.15) is 67.7 Å². The molecule has 15 heteroatoms. The zero-order chi connectivity index (χ0) is 38.3. The topological polar surface area (TPSA) is 144 Å². The summed E-state index contributed by atoms with van der Waals surface area (Å²) in [6.07, 6.45) is 5.28. The van der Waals surface area contributed by atoms with Gasteiger partial charge in [0.2, 0.25) is 0 Å². The summed E-state index contributed by atoms with van der Waals surface area (Å²) in [6, 6.07) is 8.04. The average Bonchev–Trinajstić information content (AvgIpc) is 3.55. The Kier molecular flexibility index (Phi) is 13.5. The van der Waals surface area contributed by atoms with Gasteiger partial charge in [-0.3, -0.25) is 18.8 Å². The van der Waals surface area contributed by atoms with Gasteiger partial charge in [-0.05, 0) is 105 Å². The van der Waals surface area contributed by atoms with Crippen LogP contribution < -0.4 is 22.9 Å². The van der Waals surface area contributed by atoms with E-state index in [1.165, 1.54) is 28.6 Å². The lowest BCUT2D eigenvalue weighted by atomic mass is 9.88. The minimum absolute atomic E-state index is 0.0453. The number of piperidine rings is 1. The van der Waals surface area contributed by atoms with Crippen molar-refractivity contribution in [3.63, 3.8) is 0 Å². The number of aromatic nitrogens is 3. The number of nitrogens with zero attached hydrogens (tertiary/aromatic N) is 4. The quantitative estimate of drug-likeness (QED) is 0.0315. The molecule has 0 unspecified atom stereocenters. The molecule has 286 valence electrons. The van der Waals surface area contributed by atoms with Crippen LogP contribution in [0.4, 0.5) is 22.0 Å². The monoisotopic (exact) mass is 758 g/mol. The van der Waals surface area contributed by atoms with Crippen molar-refractivity contribution in [2.45, 2.75) is 80.6 Å². The molecule has 4 aromatic rings. The number of halogens is 5. The predicted molar refractivity (Wildman–Crippen MR) is 203 cm³/mol. The van der Waals surface area contributed by atoms with Gasteiger partial charge in [0, 0.05) is 59.0 Å². The molecule has 1 aliphatic heterocycles. The average molecular weight is 759 g/mol. The van der Waals surface area contributed by atoms with E-state index in [1.807, 2.05) is 6.26 Å². The summed E-state index contributed by atoms with van der Waals surface area (Å²) >= 11 is 1.35. The standard InChI is InChI=1S/C38H47F5N8OS/c1-3-27(45)8-4-7-23-15-24(17-26(16-23)38(41,42)43)31-18-25-22-51(37(52)49-36(25)48-31)29-19-30(40)35(33(20-29)53-2)32-10-5-9-28(50(32)14-6-12-39)11-13-47-34(46)21-44/h3,15-20,22,27-28,32H,1,4-14,21,44-45H2,2H3,(H2,46,47)(H,48,49,52)/t27-,28-,32-/m0/s1. The van der Waals surface area contributed by atoms with Crippen LogP contribution in [0, 0.1) is 5.82 Å². The van der Waals surface area contributed by atoms with Crippen molar-refractivity contribution in [1.29, 1.82) is 0 Å². The van der Waals surface area contributed by atoms with Crippen LogP contribution in [0.15, 0.2) is 69.9 Å². The highest BCUT2D eigenvalue weighted by Crippen LogP contribution is 2.42. The van der Waals surface area contributed by atoms with E-state index in [4.69, 9.17) is 17.2 Å². The van der Waals surface area contributed by atoms with Crippen LogP contribution >= 0.6 is 11.8 Å². The van der Waals surface area contributed by atoms with Gasteiger partial charge in [-0.1, -0.05) is 6.08 Å². The van der Waals surface area contributed by atoms with Gasteiger partial charge in [-0.2, -0.15) is 18.2 Å². The molecule has 2 aromatic heterocycles. The second-order valence-corrected chi connectivity index (χ2v) is 14.2. The van der Waals surface area contributed by atoms with Gasteiger partial charge in [-0.25, -0.2) is 9.18 Å². The van der Waals surface area contributed by atoms with Gasteiger partial charge in [0.15, 0.2) is 0 Å². The Morgan fingerprint density at radius 1 is 1.19 bits per heavy atom. The fourth-order valence-corrected chi connectivity index (χ4v) is 7.81. The second-order valence-electron chi connectivity index (χ2n) is 13.4. The van der Waals surface area contributed by atoms with Crippen molar-refractivity contribution in [2.24, 2.45) is 22.2 Å². The van der Waals surface area contributed by atoms with Crippen molar-refractivity contribution < 1.29 is 22.0 Å². The molecule has 5 rings (SSSR count). The summed E-state index contributed by atoms with van der Waals surface area (Å²) in [7, 11) is 0. The Balaban J connectivity index is 1.48. The van der Waals surface area contributed by atoms with Gasteiger partial charge in [0.05, 0.1) is 24.5 Å². The van der Waals surface area contributed by atoms with E-state index in [0.29, 0.717) is 84.6 Å². The van der Waals surface area contributed by atoms with Crippen LogP contribution in [0.3, 0.4) is 0 Å². The largest absolute Gasteiger partial charge is 0.416 e. The fourth-order valence-electron chi connectivity index (χ4n) is 7.12. The number of rotatable bonds is 16. The normalized spacial score (nSPS) is 17.8. The first-order valence-corrected chi connectivity index (χ1v) is 19.0. The maximum Gasteiger partial charge on any atom is 0.416 e. The van der Waals surface area contributed by atoms with E-state index >= 15 is 4.39 Å². The zero-order valence-electron chi connectivity index (χ0n) is 29.8. The van der Waals surface area contributed by atoms with E-state index in [0.717, 1.165) is 25.0 Å². The number of likely N-dealkylation sites (tertiary alicyclic amines) is 1. The highest BCUT2D eigenvalue weighted by atomic mass is 32.2. The third-order valence-electron chi connectivity index (χ3n) is 9.77. The van der Waals surface area contributed by atoms with E-state index in [1.54, 1.807) is 24.3 Å². The van der Waals surface area contributed by atoms with Crippen molar-refractivity contribution >= 4 is 28.6 Å². The van der Waals surface area contributed by atoms with Gasteiger partial charge < -0.3 is 22.2 Å². The molecule has 0 bridgehead atoms. The first-order valence-electron chi connectivity index (χ1n) is 17.8. The molecule has 1 saturated heterocycles. The minimum atomic E-state index is -4.57. The number of aryl methyl sites for hydroxylation is 1. The number of amidine groups is 1. The SMILES string of the molecule is C=C[C@H](N)CCCc1cc(-c2cc3cn(-c4cc(F)c([C@@H]5CCC[C@@H](CCN=C(N)CN)N5CCCF)c(SC)c4)c(=O)nc3[nH]2)cc(C(F)(F)F)c1. The molecule has 0 amide bonds. The summed E-state index contributed by atoms with van der Waals surface area (Å²) in [4.78, 5) is 27.7. The summed E-state index contributed by atoms with van der Waals surface area (Å²) in [5.74, 6) is -0.139. The first kappa shape index (κ1) is 40.1. The molecular weight excluding hydrogens is 712 g/mol. The third-order valence-corrected chi connectivity index (χ3v) is 10.6. The zero-order valence-corrected chi connectivity index (χ0v) is 30.6. The minimum Gasteiger partial charge on any atom is -0.386 e. The Morgan fingerprint density at radius 3 is 2.68 bits per heavy atom. The van der Waals surface area contributed by atoms with Crippen molar-refractivity contribution in [3.05, 3.63) is 88.2 Å². The van der Waals surface area contributed by atoms with E-state index in [-0.39, 0.29) is 41.6 Å². The molecule has 3 heterocycles. The lowest BCUT2D eigenvalue weighted by Crippen LogP contribution is -2.43. The Hall–Kier alpha value is -4.05. The lowest BCUT2D eigenvalue weighted by molar-refractivity contribution is -0.137. The molecule has 0 spiro atoms. The molecular formula is C38H47F5N8OS. The Bertz CT molecular complexity index is 1980.